The Kier molecular flexibility index (Phi) is 6.71. The van der Waals surface area contributed by atoms with Crippen LogP contribution in [0.4, 0.5) is 11.4 Å². The minimum atomic E-state index is -0.770. The van der Waals surface area contributed by atoms with Gasteiger partial charge < -0.3 is 10.1 Å². The summed E-state index contributed by atoms with van der Waals surface area (Å²) in [7, 11) is 0. The lowest BCUT2D eigenvalue weighted by Crippen LogP contribution is -2.20. The van der Waals surface area contributed by atoms with E-state index in [9.17, 15) is 19.7 Å². The zero-order valence-electron chi connectivity index (χ0n) is 13.1. The van der Waals surface area contributed by atoms with Gasteiger partial charge in [-0.1, -0.05) is 41.4 Å². The predicted octanol–water partition coefficient (Wildman–Crippen LogP) is 4.10. The van der Waals surface area contributed by atoms with E-state index in [2.05, 4.69) is 5.32 Å². The summed E-state index contributed by atoms with van der Waals surface area (Å²) in [6.45, 7) is -0.594. The molecule has 0 heterocycles. The van der Waals surface area contributed by atoms with Gasteiger partial charge in [-0.3, -0.25) is 14.9 Å². The number of rotatable bonds is 6. The summed E-state index contributed by atoms with van der Waals surface area (Å²) in [5.74, 6) is -1.47. The molecule has 2 rings (SSSR count). The molecule has 0 saturated carbocycles. The maximum atomic E-state index is 11.8. The minimum absolute atomic E-state index is 0.0158. The minimum Gasteiger partial charge on any atom is -0.452 e. The first-order chi connectivity index (χ1) is 12.4. The van der Waals surface area contributed by atoms with E-state index in [-0.39, 0.29) is 11.4 Å². The number of hydrogen-bond acceptors (Lipinski definition) is 5. The molecule has 0 aromatic heterocycles. The van der Waals surface area contributed by atoms with Gasteiger partial charge in [0.15, 0.2) is 6.61 Å². The number of ether oxygens (including phenoxy) is 1. The van der Waals surface area contributed by atoms with Crippen molar-refractivity contribution in [2.45, 2.75) is 0 Å². The van der Waals surface area contributed by atoms with Gasteiger partial charge in [0.2, 0.25) is 0 Å². The maximum absolute atomic E-state index is 11.8. The monoisotopic (exact) mass is 394 g/mol. The second-order valence-electron chi connectivity index (χ2n) is 4.93. The van der Waals surface area contributed by atoms with Crippen molar-refractivity contribution in [3.63, 3.8) is 0 Å². The van der Waals surface area contributed by atoms with Crippen molar-refractivity contribution in [1.29, 1.82) is 0 Å². The maximum Gasteiger partial charge on any atom is 0.331 e. The van der Waals surface area contributed by atoms with Crippen molar-refractivity contribution in [3.05, 3.63) is 74.3 Å². The molecule has 134 valence electrons. The van der Waals surface area contributed by atoms with Crippen LogP contribution in [-0.4, -0.2) is 23.4 Å². The van der Waals surface area contributed by atoms with Crippen LogP contribution in [0.3, 0.4) is 0 Å². The van der Waals surface area contributed by atoms with Gasteiger partial charge >= 0.3 is 5.97 Å². The van der Waals surface area contributed by atoms with Gasteiger partial charge in [0.05, 0.1) is 4.92 Å². The van der Waals surface area contributed by atoms with Crippen molar-refractivity contribution in [2.75, 3.05) is 11.9 Å². The highest BCUT2D eigenvalue weighted by molar-refractivity contribution is 6.35. The molecule has 0 unspecified atom stereocenters. The lowest BCUT2D eigenvalue weighted by atomic mass is 10.2. The van der Waals surface area contributed by atoms with Crippen LogP contribution in [0.2, 0.25) is 10.0 Å². The van der Waals surface area contributed by atoms with Gasteiger partial charge in [-0.25, -0.2) is 4.79 Å². The molecule has 0 bridgehead atoms. The predicted molar refractivity (Wildman–Crippen MR) is 98.2 cm³/mol. The first kappa shape index (κ1) is 19.4. The van der Waals surface area contributed by atoms with Crippen LogP contribution in [0.5, 0.6) is 0 Å². The lowest BCUT2D eigenvalue weighted by Gasteiger charge is -2.06. The summed E-state index contributed by atoms with van der Waals surface area (Å²) in [6.07, 6.45) is 2.52. The molecule has 0 radical (unpaired) electrons. The summed E-state index contributed by atoms with van der Waals surface area (Å²) >= 11 is 11.7. The number of nitrogens with zero attached hydrogens (tertiary/aromatic N) is 1. The van der Waals surface area contributed by atoms with E-state index < -0.39 is 23.4 Å². The van der Waals surface area contributed by atoms with Crippen molar-refractivity contribution >= 4 is 52.5 Å². The molecule has 1 N–H and O–H groups in total. The summed E-state index contributed by atoms with van der Waals surface area (Å²) in [4.78, 5) is 33.7. The van der Waals surface area contributed by atoms with E-state index in [4.69, 9.17) is 27.9 Å². The fourth-order valence-electron chi connectivity index (χ4n) is 1.90. The molecule has 2 aromatic carbocycles. The zero-order chi connectivity index (χ0) is 19.1. The Morgan fingerprint density at radius 1 is 1.19 bits per heavy atom. The van der Waals surface area contributed by atoms with Crippen LogP contribution in [-0.2, 0) is 14.3 Å². The molecule has 1 amide bonds. The van der Waals surface area contributed by atoms with E-state index in [1.165, 1.54) is 36.4 Å². The number of nitro benzene ring substituents is 1. The largest absolute Gasteiger partial charge is 0.452 e. The number of carbonyl (C=O) groups is 2. The molecule has 0 saturated heterocycles. The van der Waals surface area contributed by atoms with E-state index in [0.29, 0.717) is 15.6 Å². The highest BCUT2D eigenvalue weighted by Crippen LogP contribution is 2.23. The number of hydrogen-bond donors (Lipinski definition) is 1. The topological polar surface area (TPSA) is 98.5 Å². The number of nitro groups is 1. The Morgan fingerprint density at radius 2 is 1.92 bits per heavy atom. The van der Waals surface area contributed by atoms with E-state index in [1.54, 1.807) is 12.1 Å². The third-order valence-corrected chi connectivity index (χ3v) is 3.64. The molecule has 9 heteroatoms. The molecule has 0 aliphatic rings. The Hall–Kier alpha value is -2.90. The third kappa shape index (κ3) is 5.58. The molecular formula is C17H12Cl2N2O5. The summed E-state index contributed by atoms with van der Waals surface area (Å²) < 4.78 is 4.78. The van der Waals surface area contributed by atoms with Crippen LogP contribution in [0.15, 0.2) is 48.5 Å². The third-order valence-electron chi connectivity index (χ3n) is 3.08. The van der Waals surface area contributed by atoms with Crippen LogP contribution >= 0.6 is 23.2 Å². The number of amides is 1. The Balaban J connectivity index is 1.90. The summed E-state index contributed by atoms with van der Waals surface area (Å²) in [5.41, 5.74) is 0.309. The average molecular weight is 395 g/mol. The second-order valence-corrected chi connectivity index (χ2v) is 5.77. The lowest BCUT2D eigenvalue weighted by molar-refractivity contribution is -0.383. The first-order valence-corrected chi connectivity index (χ1v) is 7.95. The van der Waals surface area contributed by atoms with Gasteiger partial charge in [-0.15, -0.1) is 0 Å². The highest BCUT2D eigenvalue weighted by Gasteiger charge is 2.15. The smallest absolute Gasteiger partial charge is 0.331 e. The first-order valence-electron chi connectivity index (χ1n) is 7.20. The Morgan fingerprint density at radius 3 is 2.62 bits per heavy atom. The van der Waals surface area contributed by atoms with Crippen LogP contribution in [0, 0.1) is 10.1 Å². The number of para-hydroxylation sites is 2. The van der Waals surface area contributed by atoms with Gasteiger partial charge in [0, 0.05) is 22.2 Å². The fourth-order valence-corrected chi connectivity index (χ4v) is 2.38. The van der Waals surface area contributed by atoms with E-state index in [1.807, 2.05) is 0 Å². The number of benzene rings is 2. The van der Waals surface area contributed by atoms with Crippen molar-refractivity contribution in [1.82, 2.24) is 0 Å². The fraction of sp³-hybridized carbons (Fsp3) is 0.0588. The van der Waals surface area contributed by atoms with Gasteiger partial charge in [-0.05, 0) is 29.8 Å². The van der Waals surface area contributed by atoms with E-state index in [0.717, 1.165) is 6.08 Å². The van der Waals surface area contributed by atoms with Gasteiger partial charge in [-0.2, -0.15) is 0 Å². The highest BCUT2D eigenvalue weighted by atomic mass is 35.5. The molecular weight excluding hydrogens is 383 g/mol. The summed E-state index contributed by atoms with van der Waals surface area (Å²) in [5, 5.41) is 14.0. The number of carbonyl (C=O) groups excluding carboxylic acids is 2. The van der Waals surface area contributed by atoms with Crippen LogP contribution in [0.1, 0.15) is 5.56 Å². The molecule has 7 nitrogen and oxygen atoms in total. The molecule has 0 atom stereocenters. The van der Waals surface area contributed by atoms with E-state index >= 15 is 0 Å². The molecule has 26 heavy (non-hydrogen) atoms. The summed E-state index contributed by atoms with van der Waals surface area (Å²) in [6, 6.07) is 10.4. The number of esters is 1. The van der Waals surface area contributed by atoms with Gasteiger partial charge in [0.1, 0.15) is 5.69 Å². The van der Waals surface area contributed by atoms with Gasteiger partial charge in [0.25, 0.3) is 11.6 Å². The normalized spacial score (nSPS) is 10.5. The molecule has 2 aromatic rings. The number of anilines is 1. The standard InChI is InChI=1S/C17H12Cl2N2O5/c18-12-7-5-11(13(19)9-12)6-8-17(23)26-10-16(22)20-14-3-1-2-4-15(14)21(24)25/h1-9H,10H2,(H,20,22)/b8-6+. The van der Waals surface area contributed by atoms with Crippen LogP contribution in [0.25, 0.3) is 6.08 Å². The molecule has 0 aliphatic heterocycles. The molecule has 0 spiro atoms. The SMILES string of the molecule is O=C(COC(=O)/C=C/c1ccc(Cl)cc1Cl)Nc1ccccc1[N+](=O)[O-]. The van der Waals surface area contributed by atoms with Crippen LogP contribution < -0.4 is 5.32 Å². The van der Waals surface area contributed by atoms with Crippen molar-refractivity contribution < 1.29 is 19.2 Å². The number of halogens is 2. The van der Waals surface area contributed by atoms with Crippen molar-refractivity contribution in [2.24, 2.45) is 0 Å². The number of nitrogens with one attached hydrogen (secondary N) is 1. The van der Waals surface area contributed by atoms with Crippen molar-refractivity contribution in [3.8, 4) is 0 Å². The Bertz CT molecular complexity index is 883. The zero-order valence-corrected chi connectivity index (χ0v) is 14.7. The quantitative estimate of drug-likeness (QED) is 0.344. The molecule has 0 aliphatic carbocycles. The molecule has 0 fully saturated rings. The second kappa shape index (κ2) is 8.98. The Labute approximate surface area is 158 Å². The average Bonchev–Trinajstić information content (AvgIpc) is 2.59.